The summed E-state index contributed by atoms with van der Waals surface area (Å²) in [6, 6.07) is 6.32. The van der Waals surface area contributed by atoms with E-state index in [4.69, 9.17) is 12.2 Å². The Balaban J connectivity index is 1.89. The fourth-order valence-corrected chi connectivity index (χ4v) is 2.76. The van der Waals surface area contributed by atoms with Crippen molar-refractivity contribution in [1.29, 1.82) is 0 Å². The van der Waals surface area contributed by atoms with Crippen molar-refractivity contribution in [2.24, 2.45) is 0 Å². The van der Waals surface area contributed by atoms with E-state index in [1.165, 1.54) is 29.9 Å². The molecule has 0 unspecified atom stereocenters. The number of non-ortho nitro benzene ring substituents is 1. The molecule has 0 spiro atoms. The van der Waals surface area contributed by atoms with E-state index in [0.717, 1.165) is 24.9 Å². The Morgan fingerprint density at radius 1 is 1.25 bits per heavy atom. The second-order valence-electron chi connectivity index (χ2n) is 4.81. The number of aromatic nitrogens is 2. The van der Waals surface area contributed by atoms with Crippen LogP contribution in [0.1, 0.15) is 24.2 Å². The van der Waals surface area contributed by atoms with Gasteiger partial charge in [-0.2, -0.15) is 0 Å². The van der Waals surface area contributed by atoms with Crippen molar-refractivity contribution in [1.82, 2.24) is 9.66 Å². The minimum atomic E-state index is -0.409. The maximum absolute atomic E-state index is 10.6. The number of anilines is 1. The summed E-state index contributed by atoms with van der Waals surface area (Å²) in [6.45, 7) is 0. The fourth-order valence-electron chi connectivity index (χ4n) is 2.48. The number of aromatic amines is 1. The quantitative estimate of drug-likeness (QED) is 0.517. The molecule has 0 bridgehead atoms. The first-order valence-corrected chi connectivity index (χ1v) is 6.90. The minimum Gasteiger partial charge on any atom is -0.333 e. The molecule has 2 aromatic rings. The van der Waals surface area contributed by atoms with Crippen LogP contribution in [-0.4, -0.2) is 14.6 Å². The Morgan fingerprint density at radius 3 is 2.65 bits per heavy atom. The lowest BCUT2D eigenvalue weighted by atomic mass is 10.0. The molecule has 1 aliphatic rings. The Kier molecular flexibility index (Phi) is 3.27. The Morgan fingerprint density at radius 2 is 1.95 bits per heavy atom. The van der Waals surface area contributed by atoms with E-state index in [1.54, 1.807) is 12.1 Å². The van der Waals surface area contributed by atoms with Crippen LogP contribution in [0.5, 0.6) is 0 Å². The third kappa shape index (κ3) is 2.32. The molecule has 0 fully saturated rings. The Labute approximate surface area is 120 Å². The molecule has 3 rings (SSSR count). The summed E-state index contributed by atoms with van der Waals surface area (Å²) >= 11 is 5.32. The summed E-state index contributed by atoms with van der Waals surface area (Å²) in [5.74, 6) is 0. The van der Waals surface area contributed by atoms with Crippen molar-refractivity contribution < 1.29 is 4.92 Å². The molecule has 1 aromatic heterocycles. The smallest absolute Gasteiger partial charge is 0.269 e. The number of benzene rings is 1. The van der Waals surface area contributed by atoms with Crippen LogP contribution in [-0.2, 0) is 12.8 Å². The second kappa shape index (κ2) is 5.09. The van der Waals surface area contributed by atoms with Crippen molar-refractivity contribution in [2.75, 3.05) is 5.43 Å². The van der Waals surface area contributed by atoms with Crippen LogP contribution < -0.4 is 5.43 Å². The highest BCUT2D eigenvalue weighted by molar-refractivity contribution is 7.71. The van der Waals surface area contributed by atoms with E-state index < -0.39 is 4.92 Å². The highest BCUT2D eigenvalue weighted by Crippen LogP contribution is 2.22. The van der Waals surface area contributed by atoms with E-state index in [2.05, 4.69) is 10.4 Å². The number of fused-ring (bicyclic) bond motifs is 1. The van der Waals surface area contributed by atoms with Gasteiger partial charge >= 0.3 is 0 Å². The second-order valence-corrected chi connectivity index (χ2v) is 5.20. The molecular formula is C13H14N4O2S. The number of rotatable bonds is 3. The average molecular weight is 290 g/mol. The summed E-state index contributed by atoms with van der Waals surface area (Å²) in [5, 5.41) is 10.6. The van der Waals surface area contributed by atoms with Crippen LogP contribution in [0.4, 0.5) is 11.4 Å². The van der Waals surface area contributed by atoms with E-state index in [-0.39, 0.29) is 5.69 Å². The van der Waals surface area contributed by atoms with Gasteiger partial charge in [0.1, 0.15) is 0 Å². The number of nitrogens with one attached hydrogen (secondary N) is 2. The SMILES string of the molecule is O=[N+]([O-])c1ccc(Nn2c3c([nH]c2=S)CCCC3)cc1. The van der Waals surface area contributed by atoms with Gasteiger partial charge in [0.25, 0.3) is 5.69 Å². The van der Waals surface area contributed by atoms with Crippen LogP contribution in [0, 0.1) is 14.9 Å². The molecule has 1 aliphatic carbocycles. The van der Waals surface area contributed by atoms with Gasteiger partial charge in [-0.05, 0) is 50.0 Å². The molecule has 1 aromatic carbocycles. The minimum absolute atomic E-state index is 0.0789. The lowest BCUT2D eigenvalue weighted by Gasteiger charge is -2.15. The maximum atomic E-state index is 10.6. The number of nitro benzene ring substituents is 1. The Hall–Kier alpha value is -2.15. The van der Waals surface area contributed by atoms with Crippen LogP contribution >= 0.6 is 12.2 Å². The highest BCUT2D eigenvalue weighted by Gasteiger charge is 2.16. The van der Waals surface area contributed by atoms with Crippen LogP contribution in [0.25, 0.3) is 0 Å². The van der Waals surface area contributed by atoms with E-state index in [1.807, 2.05) is 4.68 Å². The van der Waals surface area contributed by atoms with E-state index in [0.29, 0.717) is 4.77 Å². The summed E-state index contributed by atoms with van der Waals surface area (Å²) in [6.07, 6.45) is 4.34. The monoisotopic (exact) mass is 290 g/mol. The first-order valence-electron chi connectivity index (χ1n) is 6.49. The number of hydrogen-bond donors (Lipinski definition) is 2. The molecule has 0 atom stereocenters. The Bertz CT molecular complexity index is 702. The first-order chi connectivity index (χ1) is 9.65. The largest absolute Gasteiger partial charge is 0.333 e. The number of nitrogens with zero attached hydrogens (tertiary/aromatic N) is 2. The molecular weight excluding hydrogens is 276 g/mol. The van der Waals surface area contributed by atoms with Crippen LogP contribution in [0.2, 0.25) is 0 Å². The van der Waals surface area contributed by atoms with Crippen molar-refractivity contribution in [3.8, 4) is 0 Å². The summed E-state index contributed by atoms with van der Waals surface area (Å²) < 4.78 is 2.50. The number of hydrogen-bond acceptors (Lipinski definition) is 4. The van der Waals surface area contributed by atoms with Crippen molar-refractivity contribution in [3.05, 3.63) is 50.5 Å². The zero-order valence-electron chi connectivity index (χ0n) is 10.8. The van der Waals surface area contributed by atoms with Gasteiger partial charge in [0.2, 0.25) is 0 Å². The zero-order valence-corrected chi connectivity index (χ0v) is 11.6. The highest BCUT2D eigenvalue weighted by atomic mass is 32.1. The van der Waals surface area contributed by atoms with E-state index >= 15 is 0 Å². The molecule has 20 heavy (non-hydrogen) atoms. The number of nitro groups is 1. The van der Waals surface area contributed by atoms with Gasteiger partial charge in [0.15, 0.2) is 4.77 Å². The maximum Gasteiger partial charge on any atom is 0.269 e. The zero-order chi connectivity index (χ0) is 14.1. The lowest BCUT2D eigenvalue weighted by Crippen LogP contribution is -2.15. The molecule has 7 heteroatoms. The molecule has 0 radical (unpaired) electrons. The normalized spacial score (nSPS) is 13.8. The fraction of sp³-hybridized carbons (Fsp3) is 0.308. The first kappa shape index (κ1) is 12.9. The summed E-state index contributed by atoms with van der Waals surface area (Å²) in [4.78, 5) is 13.4. The van der Waals surface area contributed by atoms with Gasteiger partial charge < -0.3 is 4.98 Å². The predicted octanol–water partition coefficient (Wildman–Crippen LogP) is 3.21. The molecule has 0 aliphatic heterocycles. The van der Waals surface area contributed by atoms with Crippen LogP contribution in [0.15, 0.2) is 24.3 Å². The number of H-pyrrole nitrogens is 1. The van der Waals surface area contributed by atoms with Gasteiger partial charge in [-0.15, -0.1) is 0 Å². The van der Waals surface area contributed by atoms with Crippen molar-refractivity contribution in [2.45, 2.75) is 25.7 Å². The lowest BCUT2D eigenvalue weighted by molar-refractivity contribution is -0.384. The van der Waals surface area contributed by atoms with Crippen molar-refractivity contribution in [3.63, 3.8) is 0 Å². The van der Waals surface area contributed by atoms with Crippen molar-refractivity contribution >= 4 is 23.6 Å². The summed E-state index contributed by atoms with van der Waals surface area (Å²) in [5.41, 5.74) is 6.43. The molecule has 0 saturated heterocycles. The van der Waals surface area contributed by atoms with Gasteiger partial charge in [0.05, 0.1) is 16.3 Å². The van der Waals surface area contributed by atoms with Gasteiger partial charge in [-0.3, -0.25) is 15.5 Å². The third-order valence-corrected chi connectivity index (χ3v) is 3.77. The summed E-state index contributed by atoms with van der Waals surface area (Å²) in [7, 11) is 0. The van der Waals surface area contributed by atoms with Crippen LogP contribution in [0.3, 0.4) is 0 Å². The molecule has 0 saturated carbocycles. The van der Waals surface area contributed by atoms with Gasteiger partial charge in [0, 0.05) is 17.8 Å². The number of aryl methyl sites for hydroxylation is 1. The average Bonchev–Trinajstić information content (AvgIpc) is 2.76. The molecule has 1 heterocycles. The molecule has 0 amide bonds. The molecule has 2 N–H and O–H groups in total. The predicted molar refractivity (Wildman–Crippen MR) is 78.4 cm³/mol. The van der Waals surface area contributed by atoms with Gasteiger partial charge in [-0.1, -0.05) is 0 Å². The van der Waals surface area contributed by atoms with E-state index in [9.17, 15) is 10.1 Å². The number of imidazole rings is 1. The van der Waals surface area contributed by atoms with Gasteiger partial charge in [-0.25, -0.2) is 4.68 Å². The molecule has 6 nitrogen and oxygen atoms in total. The standard InChI is InChI=1S/C13H14N4O2S/c18-17(19)10-7-5-9(6-8-10)15-16-12-4-2-1-3-11(12)14-13(16)20/h5-8,15H,1-4H2,(H,14,20). The third-order valence-electron chi connectivity index (χ3n) is 3.49. The molecule has 104 valence electrons. The topological polar surface area (TPSA) is 75.9 Å².